The fraction of sp³-hybridized carbons (Fsp3) is 0.346. The maximum atomic E-state index is 13.5. The summed E-state index contributed by atoms with van der Waals surface area (Å²) in [4.78, 5) is 40.2. The van der Waals surface area contributed by atoms with E-state index in [2.05, 4.69) is 4.98 Å². The van der Waals surface area contributed by atoms with Crippen molar-refractivity contribution >= 4 is 40.9 Å². The minimum atomic E-state index is -4.58. The predicted octanol–water partition coefficient (Wildman–Crippen LogP) is 5.18. The van der Waals surface area contributed by atoms with Gasteiger partial charge in [0.15, 0.2) is 0 Å². The third-order valence-corrected chi connectivity index (χ3v) is 6.62. The molecule has 38 heavy (non-hydrogen) atoms. The predicted molar refractivity (Wildman–Crippen MR) is 138 cm³/mol. The number of H-pyrrole nitrogens is 1. The SMILES string of the molecule is C[C@@H](CCCC1CN(c2ccc3cc(-c4ccccc4C(F)(F)F)[nH]c(=O)c3c2)C(=O)O1)[C@H](N)C(=O)O.Cl. The largest absolute Gasteiger partial charge is 0.480 e. The standard InChI is InChI=1S/C26H26F3N3O5.ClH/c1-14(22(30)24(34)35)5-4-6-17-13-32(25(36)37-17)16-10-9-15-11-21(31-23(33)19(15)12-16)18-7-2-3-8-20(18)26(27,28)29;/h2-3,7-12,14,17,22H,4-6,13,30H2,1H3,(H,31,33)(H,34,35);1H/t14-,17?,22-;/m0./s1. The summed E-state index contributed by atoms with van der Waals surface area (Å²) in [7, 11) is 0. The highest BCUT2D eigenvalue weighted by molar-refractivity contribution is 5.94. The monoisotopic (exact) mass is 553 g/mol. The summed E-state index contributed by atoms with van der Waals surface area (Å²) >= 11 is 0. The number of rotatable bonds is 8. The zero-order valence-electron chi connectivity index (χ0n) is 20.3. The lowest BCUT2D eigenvalue weighted by molar-refractivity contribution is -0.140. The summed E-state index contributed by atoms with van der Waals surface area (Å²) in [5.41, 5.74) is 4.52. The maximum absolute atomic E-state index is 13.5. The molecule has 1 aliphatic heterocycles. The van der Waals surface area contributed by atoms with Crippen LogP contribution in [0, 0.1) is 5.92 Å². The summed E-state index contributed by atoms with van der Waals surface area (Å²) in [6.07, 6.45) is -3.86. The number of alkyl halides is 3. The number of anilines is 1. The van der Waals surface area contributed by atoms with Crippen molar-refractivity contribution in [1.29, 1.82) is 0 Å². The molecule has 0 saturated carbocycles. The second kappa shape index (κ2) is 11.4. The van der Waals surface area contributed by atoms with E-state index in [0.717, 1.165) is 6.07 Å². The highest BCUT2D eigenvalue weighted by atomic mass is 35.5. The Morgan fingerprint density at radius 2 is 1.92 bits per heavy atom. The van der Waals surface area contributed by atoms with Crippen LogP contribution in [0.1, 0.15) is 31.7 Å². The number of carboxylic acids is 1. The number of aromatic amines is 1. The van der Waals surface area contributed by atoms with Crippen molar-refractivity contribution in [2.45, 2.75) is 44.5 Å². The lowest BCUT2D eigenvalue weighted by atomic mass is 9.95. The van der Waals surface area contributed by atoms with Gasteiger partial charge in [-0.1, -0.05) is 31.2 Å². The molecule has 1 aromatic heterocycles. The van der Waals surface area contributed by atoms with Crippen molar-refractivity contribution in [2.75, 3.05) is 11.4 Å². The van der Waals surface area contributed by atoms with Gasteiger partial charge in [0.05, 0.1) is 12.1 Å². The van der Waals surface area contributed by atoms with Crippen LogP contribution in [-0.2, 0) is 15.7 Å². The van der Waals surface area contributed by atoms with Crippen molar-refractivity contribution in [3.8, 4) is 11.3 Å². The Balaban J connectivity index is 0.00000400. The summed E-state index contributed by atoms with van der Waals surface area (Å²) in [6, 6.07) is 10.2. The Bertz CT molecular complexity index is 1390. The number of aromatic nitrogens is 1. The number of hydrogen-bond acceptors (Lipinski definition) is 5. The minimum absolute atomic E-state index is 0. The van der Waals surface area contributed by atoms with E-state index in [4.69, 9.17) is 15.6 Å². The Morgan fingerprint density at radius 3 is 2.61 bits per heavy atom. The van der Waals surface area contributed by atoms with Crippen LogP contribution in [0.3, 0.4) is 0 Å². The first-order valence-corrected chi connectivity index (χ1v) is 11.8. The topological polar surface area (TPSA) is 126 Å². The molecule has 0 spiro atoms. The Hall–Kier alpha value is -3.57. The third-order valence-electron chi connectivity index (χ3n) is 6.62. The fourth-order valence-corrected chi connectivity index (χ4v) is 4.50. The summed E-state index contributed by atoms with van der Waals surface area (Å²) in [5.74, 6) is -1.29. The number of carboxylic acid groups (broad SMARTS) is 1. The lowest BCUT2D eigenvalue weighted by Gasteiger charge is -2.17. The van der Waals surface area contributed by atoms with Gasteiger partial charge >= 0.3 is 18.2 Å². The van der Waals surface area contributed by atoms with Gasteiger partial charge in [0.1, 0.15) is 12.1 Å². The van der Waals surface area contributed by atoms with E-state index in [1.54, 1.807) is 19.1 Å². The number of aliphatic carboxylic acids is 1. The molecule has 0 bridgehead atoms. The zero-order valence-corrected chi connectivity index (χ0v) is 21.1. The van der Waals surface area contributed by atoms with Crippen molar-refractivity contribution < 1.29 is 32.6 Å². The number of hydrogen-bond donors (Lipinski definition) is 3. The van der Waals surface area contributed by atoms with Gasteiger partial charge in [0, 0.05) is 22.3 Å². The zero-order chi connectivity index (χ0) is 26.9. The normalized spacial score (nSPS) is 17.1. The number of ether oxygens (including phenoxy) is 1. The van der Waals surface area contributed by atoms with Gasteiger partial charge in [-0.3, -0.25) is 14.5 Å². The van der Waals surface area contributed by atoms with Crippen LogP contribution >= 0.6 is 12.4 Å². The van der Waals surface area contributed by atoms with Crippen LogP contribution in [0.4, 0.5) is 23.7 Å². The number of nitrogens with one attached hydrogen (secondary N) is 1. The molecule has 4 rings (SSSR count). The van der Waals surface area contributed by atoms with Gasteiger partial charge in [-0.2, -0.15) is 13.2 Å². The number of cyclic esters (lactones) is 1. The van der Waals surface area contributed by atoms with Gasteiger partial charge in [-0.05, 0) is 54.8 Å². The number of carbonyl (C=O) groups excluding carboxylic acids is 1. The van der Waals surface area contributed by atoms with Gasteiger partial charge in [0.25, 0.3) is 5.56 Å². The molecular formula is C26H27ClF3N3O5. The van der Waals surface area contributed by atoms with Crippen LogP contribution < -0.4 is 16.2 Å². The number of amides is 1. The molecule has 1 unspecified atom stereocenters. The summed E-state index contributed by atoms with van der Waals surface area (Å²) in [6.45, 7) is 2.00. The first-order valence-electron chi connectivity index (χ1n) is 11.8. The smallest absolute Gasteiger partial charge is 0.417 e. The third kappa shape index (κ3) is 6.11. The first-order chi connectivity index (χ1) is 17.5. The molecule has 1 fully saturated rings. The molecular weight excluding hydrogens is 527 g/mol. The van der Waals surface area contributed by atoms with Crippen LogP contribution in [-0.4, -0.2) is 40.8 Å². The maximum Gasteiger partial charge on any atom is 0.417 e. The molecule has 8 nitrogen and oxygen atoms in total. The quantitative estimate of drug-likeness (QED) is 0.353. The molecule has 4 N–H and O–H groups in total. The van der Waals surface area contributed by atoms with E-state index in [1.165, 1.54) is 35.2 Å². The molecule has 12 heteroatoms. The highest BCUT2D eigenvalue weighted by Gasteiger charge is 2.34. The number of nitrogens with two attached hydrogens (primary N) is 1. The molecule has 0 aliphatic carbocycles. The average Bonchev–Trinajstić information content (AvgIpc) is 3.22. The van der Waals surface area contributed by atoms with Crippen molar-refractivity contribution in [3.63, 3.8) is 0 Å². The van der Waals surface area contributed by atoms with Gasteiger partial charge < -0.3 is 20.6 Å². The van der Waals surface area contributed by atoms with Crippen molar-refractivity contribution in [1.82, 2.24) is 4.98 Å². The molecule has 2 aromatic carbocycles. The lowest BCUT2D eigenvalue weighted by Crippen LogP contribution is -2.36. The molecule has 3 atom stereocenters. The molecule has 3 aromatic rings. The van der Waals surface area contributed by atoms with Crippen LogP contribution in [0.5, 0.6) is 0 Å². The molecule has 1 amide bonds. The van der Waals surface area contributed by atoms with E-state index in [1.807, 2.05) is 0 Å². The van der Waals surface area contributed by atoms with Crippen LogP contribution in [0.25, 0.3) is 22.0 Å². The summed E-state index contributed by atoms with van der Waals surface area (Å²) in [5, 5.41) is 9.64. The Labute approximate surface area is 222 Å². The molecule has 204 valence electrons. The molecule has 1 aliphatic rings. The number of nitrogens with zero attached hydrogens (tertiary/aromatic N) is 1. The molecule has 2 heterocycles. The number of benzene rings is 2. The van der Waals surface area contributed by atoms with Gasteiger partial charge in [0.2, 0.25) is 0 Å². The first kappa shape index (κ1) is 29.0. The number of carbonyl (C=O) groups is 2. The highest BCUT2D eigenvalue weighted by Crippen LogP contribution is 2.37. The van der Waals surface area contributed by atoms with E-state index in [9.17, 15) is 27.6 Å². The van der Waals surface area contributed by atoms with Gasteiger partial charge in [-0.15, -0.1) is 12.4 Å². The number of fused-ring (bicyclic) bond motifs is 1. The second-order valence-corrected chi connectivity index (χ2v) is 9.22. The van der Waals surface area contributed by atoms with E-state index >= 15 is 0 Å². The van der Waals surface area contributed by atoms with E-state index in [0.29, 0.717) is 30.3 Å². The Morgan fingerprint density at radius 1 is 1.21 bits per heavy atom. The van der Waals surface area contributed by atoms with Crippen LogP contribution in [0.15, 0.2) is 53.3 Å². The minimum Gasteiger partial charge on any atom is -0.480 e. The second-order valence-electron chi connectivity index (χ2n) is 9.22. The van der Waals surface area contributed by atoms with Crippen molar-refractivity contribution in [2.24, 2.45) is 11.7 Å². The van der Waals surface area contributed by atoms with Gasteiger partial charge in [-0.25, -0.2) is 4.79 Å². The number of halogens is 4. The number of pyridine rings is 1. The Kier molecular flexibility index (Phi) is 8.73. The average molecular weight is 554 g/mol. The molecule has 0 radical (unpaired) electrons. The summed E-state index contributed by atoms with van der Waals surface area (Å²) < 4.78 is 45.8. The van der Waals surface area contributed by atoms with E-state index in [-0.39, 0.29) is 41.5 Å². The van der Waals surface area contributed by atoms with Crippen molar-refractivity contribution in [3.05, 3.63) is 64.4 Å². The van der Waals surface area contributed by atoms with E-state index < -0.39 is 41.5 Å². The fourth-order valence-electron chi connectivity index (χ4n) is 4.50. The van der Waals surface area contributed by atoms with Crippen LogP contribution in [0.2, 0.25) is 0 Å². The molecule has 1 saturated heterocycles.